The van der Waals surface area contributed by atoms with Crippen molar-refractivity contribution in [3.05, 3.63) is 108 Å². The lowest BCUT2D eigenvalue weighted by Crippen LogP contribution is -2.07. The number of ether oxygens (including phenoxy) is 1. The van der Waals surface area contributed by atoms with Crippen molar-refractivity contribution in [1.82, 2.24) is 15.0 Å². The van der Waals surface area contributed by atoms with Gasteiger partial charge in [0, 0.05) is 42.5 Å². The fraction of sp³-hybridized carbons (Fsp3) is 0.125. The van der Waals surface area contributed by atoms with Crippen molar-refractivity contribution >= 4 is 0 Å². The minimum absolute atomic E-state index is 0.139. The molecular formula is C24H21N3O. The van der Waals surface area contributed by atoms with Gasteiger partial charge in [0.2, 0.25) is 0 Å². The topological polar surface area (TPSA) is 47.9 Å². The molecular weight excluding hydrogens is 346 g/mol. The number of nitrogens with zero attached hydrogens (tertiary/aromatic N) is 3. The number of aromatic nitrogens is 3. The van der Waals surface area contributed by atoms with Gasteiger partial charge in [0.05, 0.1) is 12.8 Å². The molecule has 1 aromatic carbocycles. The predicted octanol–water partition coefficient (Wildman–Crippen LogP) is 4.92. The summed E-state index contributed by atoms with van der Waals surface area (Å²) < 4.78 is 5.57. The maximum absolute atomic E-state index is 5.57. The van der Waals surface area contributed by atoms with Gasteiger partial charge in [-0.15, -0.1) is 0 Å². The highest BCUT2D eigenvalue weighted by Gasteiger charge is 2.19. The van der Waals surface area contributed by atoms with Crippen molar-refractivity contribution in [3.8, 4) is 17.0 Å². The molecule has 4 nitrogen and oxygen atoms in total. The molecule has 0 saturated carbocycles. The lowest BCUT2D eigenvalue weighted by atomic mass is 9.86. The van der Waals surface area contributed by atoms with Gasteiger partial charge >= 0.3 is 0 Å². The van der Waals surface area contributed by atoms with Crippen LogP contribution < -0.4 is 4.74 Å². The normalized spacial score (nSPS) is 10.8. The van der Waals surface area contributed by atoms with Crippen molar-refractivity contribution in [3.63, 3.8) is 0 Å². The maximum atomic E-state index is 5.57. The van der Waals surface area contributed by atoms with Crippen LogP contribution >= 0.6 is 0 Å². The maximum Gasteiger partial charge on any atom is 0.128 e. The molecule has 0 saturated heterocycles. The molecule has 0 aliphatic rings. The first-order chi connectivity index (χ1) is 13.9. The number of hydrogen-bond donors (Lipinski definition) is 0. The highest BCUT2D eigenvalue weighted by atomic mass is 16.5. The average molecular weight is 367 g/mol. The molecule has 28 heavy (non-hydrogen) atoms. The molecule has 138 valence electrons. The van der Waals surface area contributed by atoms with Gasteiger partial charge in [-0.2, -0.15) is 0 Å². The Kier molecular flexibility index (Phi) is 5.38. The third-order valence-electron chi connectivity index (χ3n) is 4.85. The van der Waals surface area contributed by atoms with E-state index in [-0.39, 0.29) is 5.92 Å². The van der Waals surface area contributed by atoms with Crippen LogP contribution in [-0.2, 0) is 6.42 Å². The Bertz CT molecular complexity index is 996. The number of rotatable bonds is 6. The van der Waals surface area contributed by atoms with Gasteiger partial charge in [-0.05, 0) is 53.4 Å². The van der Waals surface area contributed by atoms with E-state index in [1.807, 2.05) is 61.1 Å². The van der Waals surface area contributed by atoms with Crippen molar-refractivity contribution in [1.29, 1.82) is 0 Å². The number of pyridine rings is 3. The summed E-state index contributed by atoms with van der Waals surface area (Å²) in [6, 6.07) is 20.3. The summed E-state index contributed by atoms with van der Waals surface area (Å²) in [7, 11) is 1.69. The third-order valence-corrected chi connectivity index (χ3v) is 4.85. The van der Waals surface area contributed by atoms with Crippen LogP contribution in [0.1, 0.15) is 22.6 Å². The summed E-state index contributed by atoms with van der Waals surface area (Å²) in [4.78, 5) is 13.3. The quantitative estimate of drug-likeness (QED) is 0.485. The van der Waals surface area contributed by atoms with E-state index in [0.717, 1.165) is 40.1 Å². The molecule has 0 atom stereocenters. The van der Waals surface area contributed by atoms with Crippen molar-refractivity contribution in [2.45, 2.75) is 12.3 Å². The molecule has 0 amide bonds. The van der Waals surface area contributed by atoms with Crippen LogP contribution in [0.25, 0.3) is 11.3 Å². The molecule has 4 heteroatoms. The Morgan fingerprint density at radius 1 is 0.786 bits per heavy atom. The lowest BCUT2D eigenvalue weighted by Gasteiger charge is -2.19. The highest BCUT2D eigenvalue weighted by molar-refractivity contribution is 5.70. The molecule has 3 heterocycles. The lowest BCUT2D eigenvalue weighted by molar-refractivity contribution is 0.416. The van der Waals surface area contributed by atoms with E-state index in [2.05, 4.69) is 33.2 Å². The van der Waals surface area contributed by atoms with Crippen LogP contribution in [0.3, 0.4) is 0 Å². The smallest absolute Gasteiger partial charge is 0.128 e. The van der Waals surface area contributed by atoms with E-state index < -0.39 is 0 Å². The molecule has 0 aliphatic carbocycles. The third kappa shape index (κ3) is 3.76. The van der Waals surface area contributed by atoms with Gasteiger partial charge in [0.25, 0.3) is 0 Å². The van der Waals surface area contributed by atoms with E-state index in [0.29, 0.717) is 0 Å². The molecule has 4 rings (SSSR count). The zero-order chi connectivity index (χ0) is 19.2. The van der Waals surface area contributed by atoms with Gasteiger partial charge in [-0.3, -0.25) is 15.0 Å². The summed E-state index contributed by atoms with van der Waals surface area (Å²) in [5, 5.41) is 0. The number of para-hydroxylation sites is 1. The summed E-state index contributed by atoms with van der Waals surface area (Å²) >= 11 is 0. The van der Waals surface area contributed by atoms with Crippen LogP contribution in [0.15, 0.2) is 91.6 Å². The molecule has 4 aromatic rings. The second-order valence-electron chi connectivity index (χ2n) is 6.54. The summed E-state index contributed by atoms with van der Waals surface area (Å²) in [5.74, 6) is 0.960. The molecule has 0 bridgehead atoms. The van der Waals surface area contributed by atoms with Crippen LogP contribution in [0, 0.1) is 0 Å². The van der Waals surface area contributed by atoms with E-state index >= 15 is 0 Å². The number of hydrogen-bond acceptors (Lipinski definition) is 4. The summed E-state index contributed by atoms with van der Waals surface area (Å²) in [6.45, 7) is 0. The van der Waals surface area contributed by atoms with E-state index in [1.54, 1.807) is 19.5 Å². The molecule has 0 spiro atoms. The molecule has 0 aliphatic heterocycles. The van der Waals surface area contributed by atoms with Crippen molar-refractivity contribution in [2.75, 3.05) is 7.11 Å². The van der Waals surface area contributed by atoms with Gasteiger partial charge in [-0.1, -0.05) is 30.3 Å². The van der Waals surface area contributed by atoms with Crippen molar-refractivity contribution < 1.29 is 4.74 Å². The largest absolute Gasteiger partial charge is 0.496 e. The van der Waals surface area contributed by atoms with Crippen LogP contribution in [-0.4, -0.2) is 22.1 Å². The Hall–Kier alpha value is -3.53. The van der Waals surface area contributed by atoms with Crippen molar-refractivity contribution in [2.24, 2.45) is 0 Å². The fourth-order valence-electron chi connectivity index (χ4n) is 3.50. The van der Waals surface area contributed by atoms with E-state index in [9.17, 15) is 0 Å². The monoisotopic (exact) mass is 367 g/mol. The molecule has 0 fully saturated rings. The Labute approximate surface area is 164 Å². The van der Waals surface area contributed by atoms with Crippen LogP contribution in [0.5, 0.6) is 5.75 Å². The van der Waals surface area contributed by atoms with Gasteiger partial charge < -0.3 is 4.74 Å². The SMILES string of the molecule is COc1ccccc1-c1ncccc1CC(c1cccnc1)c1cccnc1. The van der Waals surface area contributed by atoms with Gasteiger partial charge in [0.15, 0.2) is 0 Å². The van der Waals surface area contributed by atoms with Gasteiger partial charge in [0.1, 0.15) is 5.75 Å². The predicted molar refractivity (Wildman–Crippen MR) is 110 cm³/mol. The van der Waals surface area contributed by atoms with Crippen LogP contribution in [0.2, 0.25) is 0 Å². The highest BCUT2D eigenvalue weighted by Crippen LogP contribution is 2.34. The molecule has 3 aromatic heterocycles. The first-order valence-electron chi connectivity index (χ1n) is 9.24. The van der Waals surface area contributed by atoms with Gasteiger partial charge in [-0.25, -0.2) is 0 Å². The molecule has 0 unspecified atom stereocenters. The van der Waals surface area contributed by atoms with E-state index in [4.69, 9.17) is 4.74 Å². The Morgan fingerprint density at radius 3 is 2.11 bits per heavy atom. The second kappa shape index (κ2) is 8.44. The zero-order valence-electron chi connectivity index (χ0n) is 15.7. The van der Waals surface area contributed by atoms with Crippen LogP contribution in [0.4, 0.5) is 0 Å². The first kappa shape index (κ1) is 17.9. The molecule has 0 radical (unpaired) electrons. The fourth-order valence-corrected chi connectivity index (χ4v) is 3.50. The Balaban J connectivity index is 1.79. The number of benzene rings is 1. The zero-order valence-corrected chi connectivity index (χ0v) is 15.7. The Morgan fingerprint density at radius 2 is 1.46 bits per heavy atom. The second-order valence-corrected chi connectivity index (χ2v) is 6.54. The summed E-state index contributed by atoms with van der Waals surface area (Å²) in [6.07, 6.45) is 10.1. The standard InChI is InChI=1S/C24H21N3O/c1-28-23-11-3-2-10-21(23)24-18(7-6-14-27-24)15-22(19-8-4-12-25-16-19)20-9-5-13-26-17-20/h2-14,16-17,22H,15H2,1H3. The average Bonchev–Trinajstić information content (AvgIpc) is 2.79. The van der Waals surface area contributed by atoms with E-state index in [1.165, 1.54) is 0 Å². The minimum atomic E-state index is 0.139. The minimum Gasteiger partial charge on any atom is -0.496 e. The summed E-state index contributed by atoms with van der Waals surface area (Å²) in [5.41, 5.74) is 5.41. The first-order valence-corrected chi connectivity index (χ1v) is 9.24. The number of methoxy groups -OCH3 is 1. The molecule has 0 N–H and O–H groups in total.